The molecule has 1 saturated carbocycles. The average molecular weight is 593 g/mol. The fraction of sp³-hybridized carbons (Fsp3) is 0.406. The minimum Gasteiger partial charge on any atom is -0.370 e. The summed E-state index contributed by atoms with van der Waals surface area (Å²) < 4.78 is 55.0. The van der Waals surface area contributed by atoms with Gasteiger partial charge in [0.25, 0.3) is 5.91 Å². The molecule has 3 aliphatic rings. The number of anilines is 1. The van der Waals surface area contributed by atoms with Crippen LogP contribution in [0, 0.1) is 5.82 Å². The Morgan fingerprint density at radius 3 is 2.63 bits per heavy atom. The van der Waals surface area contributed by atoms with Crippen molar-refractivity contribution in [1.82, 2.24) is 24.8 Å². The third-order valence-corrected chi connectivity index (χ3v) is 8.90. The number of benzene rings is 2. The Morgan fingerprint density at radius 1 is 1.05 bits per heavy atom. The van der Waals surface area contributed by atoms with Crippen molar-refractivity contribution in [2.24, 2.45) is 0 Å². The summed E-state index contributed by atoms with van der Waals surface area (Å²) in [5.74, 6) is -0.332. The van der Waals surface area contributed by atoms with E-state index in [1.54, 1.807) is 22.7 Å². The van der Waals surface area contributed by atoms with Gasteiger partial charge in [-0.3, -0.25) is 4.79 Å². The number of hydrogen-bond donors (Lipinski definition) is 1. The number of nitrogens with one attached hydrogen (secondary N) is 1. The summed E-state index contributed by atoms with van der Waals surface area (Å²) in [5.41, 5.74) is 5.50. The molecule has 2 atom stereocenters. The quantitative estimate of drug-likeness (QED) is 0.283. The summed E-state index contributed by atoms with van der Waals surface area (Å²) in [6, 6.07) is 16.2. The highest BCUT2D eigenvalue weighted by molar-refractivity contribution is 5.93. The maximum Gasteiger partial charge on any atom is 0.401 e. The highest BCUT2D eigenvalue weighted by atomic mass is 19.4. The lowest BCUT2D eigenvalue weighted by Crippen LogP contribution is -2.39. The lowest BCUT2D eigenvalue weighted by atomic mass is 9.93. The largest absolute Gasteiger partial charge is 0.401 e. The smallest absolute Gasteiger partial charge is 0.370 e. The molecule has 1 aliphatic carbocycles. The molecule has 0 spiro atoms. The SMILES string of the molecule is C[C@@H]1c2ccccc2CCN1C(=O)c1cc(C2CC2)n2nc(-c3ccc(N4CC[C@H](NCC(F)(F)F)C4)cc3F)cc2n1. The number of alkyl halides is 3. The zero-order valence-corrected chi connectivity index (χ0v) is 23.7. The van der Waals surface area contributed by atoms with Gasteiger partial charge in [0, 0.05) is 54.6 Å². The summed E-state index contributed by atoms with van der Waals surface area (Å²) in [4.78, 5) is 22.2. The Hall–Kier alpha value is -3.99. The number of fused-ring (bicyclic) bond motifs is 2. The van der Waals surface area contributed by atoms with Gasteiger partial charge in [0.2, 0.25) is 0 Å². The van der Waals surface area contributed by atoms with Crippen molar-refractivity contribution >= 4 is 17.2 Å². The van der Waals surface area contributed by atoms with E-state index >= 15 is 4.39 Å². The molecular formula is C32H32F4N6O. The summed E-state index contributed by atoms with van der Waals surface area (Å²) in [7, 11) is 0. The average Bonchev–Trinajstić information content (AvgIpc) is 3.56. The minimum absolute atomic E-state index is 0.0701. The van der Waals surface area contributed by atoms with Crippen LogP contribution in [0.5, 0.6) is 0 Å². The highest BCUT2D eigenvalue weighted by Gasteiger charge is 2.33. The minimum atomic E-state index is -4.27. The van der Waals surface area contributed by atoms with Crippen molar-refractivity contribution in [3.05, 3.63) is 82.9 Å². The van der Waals surface area contributed by atoms with Crippen LogP contribution in [0.1, 0.15) is 65.5 Å². The van der Waals surface area contributed by atoms with Crippen LogP contribution in [0.25, 0.3) is 16.9 Å². The summed E-state index contributed by atoms with van der Waals surface area (Å²) in [6.45, 7) is 2.52. The van der Waals surface area contributed by atoms with Crippen LogP contribution in [0.15, 0.2) is 54.6 Å². The van der Waals surface area contributed by atoms with E-state index in [1.807, 2.05) is 34.9 Å². The van der Waals surface area contributed by atoms with Crippen LogP contribution in [-0.2, 0) is 6.42 Å². The Morgan fingerprint density at radius 2 is 1.86 bits per heavy atom. The molecule has 4 aromatic rings. The Labute approximate surface area is 246 Å². The van der Waals surface area contributed by atoms with Crippen LogP contribution in [-0.4, -0.2) is 63.8 Å². The fourth-order valence-electron chi connectivity index (χ4n) is 6.44. The van der Waals surface area contributed by atoms with E-state index in [2.05, 4.69) is 17.4 Å². The van der Waals surface area contributed by atoms with Gasteiger partial charge in [0.15, 0.2) is 5.65 Å². The first-order chi connectivity index (χ1) is 20.6. The van der Waals surface area contributed by atoms with Crippen molar-refractivity contribution in [3.8, 4) is 11.3 Å². The van der Waals surface area contributed by atoms with E-state index in [0.717, 1.165) is 30.5 Å². The van der Waals surface area contributed by atoms with Gasteiger partial charge in [-0.25, -0.2) is 13.9 Å². The third kappa shape index (κ3) is 5.46. The molecule has 7 rings (SSSR count). The molecule has 2 aromatic carbocycles. The molecule has 2 aliphatic heterocycles. The second kappa shape index (κ2) is 10.6. The summed E-state index contributed by atoms with van der Waals surface area (Å²) >= 11 is 0. The second-order valence-corrected chi connectivity index (χ2v) is 11.9. The van der Waals surface area contributed by atoms with E-state index in [4.69, 9.17) is 10.1 Å². The Bertz CT molecular complexity index is 1700. The van der Waals surface area contributed by atoms with E-state index in [1.165, 1.54) is 11.6 Å². The molecular weight excluding hydrogens is 560 g/mol. The van der Waals surface area contributed by atoms with Crippen LogP contribution < -0.4 is 10.2 Å². The predicted octanol–water partition coefficient (Wildman–Crippen LogP) is 5.90. The monoisotopic (exact) mass is 592 g/mol. The number of hydrogen-bond acceptors (Lipinski definition) is 5. The molecule has 0 radical (unpaired) electrons. The standard InChI is InChI=1S/C32H32F4N6O/c1-19-24-5-3-2-4-20(24)10-13-41(19)31(43)28-15-29(21-6-7-21)42-30(38-28)16-27(39-42)25-9-8-23(14-26(25)33)40-12-11-22(17-40)37-18-32(34,35)36/h2-5,8-9,14-16,19,21-22,37H,6-7,10-13,17-18H2,1H3/t19-,22+/m1/s1. The van der Waals surface area contributed by atoms with Crippen molar-refractivity contribution in [3.63, 3.8) is 0 Å². The zero-order valence-electron chi connectivity index (χ0n) is 23.7. The van der Waals surface area contributed by atoms with Gasteiger partial charge in [-0.15, -0.1) is 0 Å². The van der Waals surface area contributed by atoms with Crippen molar-refractivity contribution in [2.45, 2.75) is 56.8 Å². The number of nitrogens with zero attached hydrogens (tertiary/aromatic N) is 5. The maximum atomic E-state index is 15.5. The zero-order chi connectivity index (χ0) is 29.9. The van der Waals surface area contributed by atoms with E-state index in [0.29, 0.717) is 54.3 Å². The molecule has 11 heteroatoms. The van der Waals surface area contributed by atoms with Crippen LogP contribution in [0.3, 0.4) is 0 Å². The topological polar surface area (TPSA) is 65.8 Å². The lowest BCUT2D eigenvalue weighted by Gasteiger charge is -2.35. The Balaban J connectivity index is 1.14. The highest BCUT2D eigenvalue weighted by Crippen LogP contribution is 2.41. The van der Waals surface area contributed by atoms with Crippen LogP contribution in [0.2, 0.25) is 0 Å². The second-order valence-electron chi connectivity index (χ2n) is 11.9. The molecule has 1 N–H and O–H groups in total. The molecule has 2 fully saturated rings. The Kier molecular flexibility index (Phi) is 6.87. The van der Waals surface area contributed by atoms with Gasteiger partial charge >= 0.3 is 6.18 Å². The number of carbonyl (C=O) groups is 1. The van der Waals surface area contributed by atoms with Gasteiger partial charge in [-0.1, -0.05) is 24.3 Å². The predicted molar refractivity (Wildman–Crippen MR) is 155 cm³/mol. The van der Waals surface area contributed by atoms with Crippen LogP contribution >= 0.6 is 0 Å². The van der Waals surface area contributed by atoms with Gasteiger partial charge in [0.1, 0.15) is 11.5 Å². The van der Waals surface area contributed by atoms with Gasteiger partial charge in [-0.05, 0) is 68.0 Å². The van der Waals surface area contributed by atoms with Crippen molar-refractivity contribution in [1.29, 1.82) is 0 Å². The first kappa shape index (κ1) is 27.8. The van der Waals surface area contributed by atoms with Gasteiger partial charge in [0.05, 0.1) is 18.3 Å². The van der Waals surface area contributed by atoms with Crippen molar-refractivity contribution < 1.29 is 22.4 Å². The number of amides is 1. The number of rotatable bonds is 6. The molecule has 4 heterocycles. The first-order valence-corrected chi connectivity index (χ1v) is 14.8. The number of carbonyl (C=O) groups excluding carboxylic acids is 1. The van der Waals surface area contributed by atoms with Crippen LogP contribution in [0.4, 0.5) is 23.2 Å². The molecule has 7 nitrogen and oxygen atoms in total. The van der Waals surface area contributed by atoms with Gasteiger partial charge < -0.3 is 15.1 Å². The fourth-order valence-corrected chi connectivity index (χ4v) is 6.44. The van der Waals surface area contributed by atoms with E-state index in [9.17, 15) is 18.0 Å². The first-order valence-electron chi connectivity index (χ1n) is 14.8. The molecule has 1 saturated heterocycles. The molecule has 2 aromatic heterocycles. The summed E-state index contributed by atoms with van der Waals surface area (Å²) in [6.07, 6.45) is -0.945. The third-order valence-electron chi connectivity index (χ3n) is 8.90. The van der Waals surface area contributed by atoms with E-state index in [-0.39, 0.29) is 23.9 Å². The van der Waals surface area contributed by atoms with E-state index < -0.39 is 18.5 Å². The molecule has 224 valence electrons. The molecule has 0 unspecified atom stereocenters. The lowest BCUT2D eigenvalue weighted by molar-refractivity contribution is -0.125. The maximum absolute atomic E-state index is 15.5. The van der Waals surface area contributed by atoms with Crippen molar-refractivity contribution in [2.75, 3.05) is 31.1 Å². The summed E-state index contributed by atoms with van der Waals surface area (Å²) in [5, 5.41) is 7.25. The molecule has 0 bridgehead atoms. The normalized spacial score (nSPS) is 20.6. The number of aromatic nitrogens is 3. The van der Waals surface area contributed by atoms with Gasteiger partial charge in [-0.2, -0.15) is 18.3 Å². The number of halogens is 4. The molecule has 1 amide bonds. The molecule has 43 heavy (non-hydrogen) atoms.